The Morgan fingerprint density at radius 3 is 2.84 bits per heavy atom. The van der Waals surface area contributed by atoms with Gasteiger partial charge in [0.1, 0.15) is 12.0 Å². The fourth-order valence-corrected chi connectivity index (χ4v) is 1.35. The Kier molecular flexibility index (Phi) is 3.37. The number of anilines is 1. The summed E-state index contributed by atoms with van der Waals surface area (Å²) in [5.41, 5.74) is -0.0847. The summed E-state index contributed by atoms with van der Waals surface area (Å²) >= 11 is 0. The lowest BCUT2D eigenvalue weighted by molar-refractivity contribution is -0.384. The zero-order valence-electron chi connectivity index (χ0n) is 9.44. The molecule has 98 valence electrons. The summed E-state index contributed by atoms with van der Waals surface area (Å²) in [5.74, 6) is -1.40. The highest BCUT2D eigenvalue weighted by molar-refractivity contribution is 5.86. The first-order valence-corrected chi connectivity index (χ1v) is 5.10. The van der Waals surface area contributed by atoms with Crippen molar-refractivity contribution in [3.8, 4) is 0 Å². The van der Waals surface area contributed by atoms with Gasteiger partial charge in [-0.1, -0.05) is 5.16 Å². The van der Waals surface area contributed by atoms with Gasteiger partial charge in [-0.05, 0) is 6.07 Å². The Hall–Kier alpha value is -2.97. The molecule has 0 spiro atoms. The highest BCUT2D eigenvalue weighted by atomic mass is 16.6. The lowest BCUT2D eigenvalue weighted by Crippen LogP contribution is -2.08. The maximum Gasteiger partial charge on any atom is 0.354 e. The van der Waals surface area contributed by atoms with Gasteiger partial charge in [0.25, 0.3) is 0 Å². The number of nitro groups is 1. The summed E-state index contributed by atoms with van der Waals surface area (Å²) in [6.07, 6.45) is 1.35. The standard InChI is InChI=1S/C10H8N4O5/c15-10(16)7-1-2-8(14(17)18)9(12-7)11-5-6-3-4-19-13-6/h1-4H,5H2,(H,11,12)(H,15,16). The molecule has 0 saturated carbocycles. The molecule has 0 aliphatic heterocycles. The van der Waals surface area contributed by atoms with Crippen LogP contribution in [0.3, 0.4) is 0 Å². The van der Waals surface area contributed by atoms with Gasteiger partial charge in [0.05, 0.1) is 11.5 Å². The molecule has 2 N–H and O–H groups in total. The van der Waals surface area contributed by atoms with Crippen molar-refractivity contribution in [3.05, 3.63) is 46.0 Å². The Balaban J connectivity index is 2.27. The second-order valence-corrected chi connectivity index (χ2v) is 3.47. The first-order chi connectivity index (χ1) is 9.08. The van der Waals surface area contributed by atoms with Crippen LogP contribution in [0, 0.1) is 10.1 Å². The molecule has 0 atom stereocenters. The van der Waals surface area contributed by atoms with Crippen molar-refractivity contribution in [1.29, 1.82) is 0 Å². The van der Waals surface area contributed by atoms with Gasteiger partial charge in [-0.25, -0.2) is 9.78 Å². The molecule has 2 aromatic heterocycles. The van der Waals surface area contributed by atoms with Gasteiger partial charge in [-0.3, -0.25) is 10.1 Å². The van der Waals surface area contributed by atoms with Crippen molar-refractivity contribution in [2.75, 3.05) is 5.32 Å². The van der Waals surface area contributed by atoms with E-state index in [0.717, 1.165) is 12.1 Å². The summed E-state index contributed by atoms with van der Waals surface area (Å²) in [4.78, 5) is 24.6. The topological polar surface area (TPSA) is 131 Å². The first kappa shape index (κ1) is 12.5. The summed E-state index contributed by atoms with van der Waals surface area (Å²) in [6, 6.07) is 3.73. The molecule has 0 fully saturated rings. The van der Waals surface area contributed by atoms with E-state index in [1.165, 1.54) is 6.26 Å². The molecule has 0 aliphatic carbocycles. The SMILES string of the molecule is O=C(O)c1ccc([N+](=O)[O-])c(NCc2ccon2)n1. The van der Waals surface area contributed by atoms with Crippen LogP contribution in [0.25, 0.3) is 0 Å². The normalized spacial score (nSPS) is 10.1. The lowest BCUT2D eigenvalue weighted by Gasteiger charge is -2.05. The fourth-order valence-electron chi connectivity index (χ4n) is 1.35. The summed E-state index contributed by atoms with van der Waals surface area (Å²) in [5, 5.41) is 25.9. The van der Waals surface area contributed by atoms with Crippen molar-refractivity contribution in [3.63, 3.8) is 0 Å². The molecule has 2 rings (SSSR count). The molecule has 19 heavy (non-hydrogen) atoms. The molecule has 0 unspecified atom stereocenters. The minimum absolute atomic E-state index is 0.132. The Morgan fingerprint density at radius 1 is 1.47 bits per heavy atom. The number of hydrogen-bond acceptors (Lipinski definition) is 7. The van der Waals surface area contributed by atoms with Gasteiger partial charge in [0.15, 0.2) is 5.69 Å². The Bertz CT molecular complexity index is 610. The zero-order chi connectivity index (χ0) is 13.8. The number of carboxylic acid groups (broad SMARTS) is 1. The average Bonchev–Trinajstić information content (AvgIpc) is 2.88. The van der Waals surface area contributed by atoms with Crippen LogP contribution in [0.4, 0.5) is 11.5 Å². The van der Waals surface area contributed by atoms with E-state index in [1.807, 2.05) is 0 Å². The van der Waals surface area contributed by atoms with Crippen molar-refractivity contribution >= 4 is 17.5 Å². The maximum atomic E-state index is 10.8. The van der Waals surface area contributed by atoms with Crippen LogP contribution in [0.1, 0.15) is 16.2 Å². The van der Waals surface area contributed by atoms with Gasteiger partial charge in [-0.15, -0.1) is 0 Å². The first-order valence-electron chi connectivity index (χ1n) is 5.10. The number of rotatable bonds is 5. The average molecular weight is 264 g/mol. The predicted molar refractivity (Wildman–Crippen MR) is 61.7 cm³/mol. The van der Waals surface area contributed by atoms with Gasteiger partial charge in [0, 0.05) is 12.1 Å². The van der Waals surface area contributed by atoms with Crippen LogP contribution in [0.5, 0.6) is 0 Å². The van der Waals surface area contributed by atoms with E-state index in [1.54, 1.807) is 6.07 Å². The molecule has 0 aliphatic rings. The maximum absolute atomic E-state index is 10.8. The van der Waals surface area contributed by atoms with Gasteiger partial charge >= 0.3 is 11.7 Å². The van der Waals surface area contributed by atoms with E-state index in [-0.39, 0.29) is 23.7 Å². The number of carbonyl (C=O) groups is 1. The van der Waals surface area contributed by atoms with Gasteiger partial charge in [-0.2, -0.15) is 0 Å². The molecule has 0 amide bonds. The molecular weight excluding hydrogens is 256 g/mol. The van der Waals surface area contributed by atoms with E-state index < -0.39 is 10.9 Å². The Morgan fingerprint density at radius 2 is 2.26 bits per heavy atom. The van der Waals surface area contributed by atoms with E-state index in [9.17, 15) is 14.9 Å². The number of aromatic carboxylic acids is 1. The van der Waals surface area contributed by atoms with Crippen molar-refractivity contribution in [1.82, 2.24) is 10.1 Å². The van der Waals surface area contributed by atoms with Crippen molar-refractivity contribution in [2.45, 2.75) is 6.54 Å². The molecule has 2 aromatic rings. The Labute approximate surface area is 106 Å². The lowest BCUT2D eigenvalue weighted by atomic mass is 10.3. The molecule has 0 saturated heterocycles. The molecule has 2 heterocycles. The molecule has 9 heteroatoms. The summed E-state index contributed by atoms with van der Waals surface area (Å²) in [7, 11) is 0. The number of nitrogens with zero attached hydrogens (tertiary/aromatic N) is 3. The monoisotopic (exact) mass is 264 g/mol. The van der Waals surface area contributed by atoms with Crippen LogP contribution < -0.4 is 5.32 Å². The van der Waals surface area contributed by atoms with Crippen LogP contribution >= 0.6 is 0 Å². The van der Waals surface area contributed by atoms with E-state index >= 15 is 0 Å². The molecular formula is C10H8N4O5. The molecule has 0 radical (unpaired) electrons. The van der Waals surface area contributed by atoms with Gasteiger partial charge < -0.3 is 14.9 Å². The second kappa shape index (κ2) is 5.12. The van der Waals surface area contributed by atoms with Crippen LogP contribution in [0.15, 0.2) is 29.0 Å². The zero-order valence-corrected chi connectivity index (χ0v) is 9.44. The minimum atomic E-state index is -1.26. The third kappa shape index (κ3) is 2.83. The highest BCUT2D eigenvalue weighted by Gasteiger charge is 2.18. The van der Waals surface area contributed by atoms with Crippen molar-refractivity contribution < 1.29 is 19.3 Å². The molecule has 0 aromatic carbocycles. The number of carboxylic acids is 1. The van der Waals surface area contributed by atoms with E-state index in [0.29, 0.717) is 5.69 Å². The van der Waals surface area contributed by atoms with E-state index in [2.05, 4.69) is 20.0 Å². The van der Waals surface area contributed by atoms with Crippen LogP contribution in [0.2, 0.25) is 0 Å². The third-order valence-electron chi connectivity index (χ3n) is 2.22. The third-order valence-corrected chi connectivity index (χ3v) is 2.22. The smallest absolute Gasteiger partial charge is 0.354 e. The molecule has 0 bridgehead atoms. The fraction of sp³-hybridized carbons (Fsp3) is 0.100. The number of aromatic nitrogens is 2. The largest absolute Gasteiger partial charge is 0.477 e. The highest BCUT2D eigenvalue weighted by Crippen LogP contribution is 2.22. The van der Waals surface area contributed by atoms with Crippen LogP contribution in [-0.2, 0) is 6.54 Å². The number of nitrogens with one attached hydrogen (secondary N) is 1. The van der Waals surface area contributed by atoms with E-state index in [4.69, 9.17) is 5.11 Å². The predicted octanol–water partition coefficient (Wildman–Crippen LogP) is 1.29. The number of hydrogen-bond donors (Lipinski definition) is 2. The second-order valence-electron chi connectivity index (χ2n) is 3.47. The van der Waals surface area contributed by atoms with Crippen molar-refractivity contribution in [2.24, 2.45) is 0 Å². The quantitative estimate of drug-likeness (QED) is 0.609. The minimum Gasteiger partial charge on any atom is -0.477 e. The van der Waals surface area contributed by atoms with Gasteiger partial charge in [0.2, 0.25) is 5.82 Å². The summed E-state index contributed by atoms with van der Waals surface area (Å²) in [6.45, 7) is 0.132. The molecule has 9 nitrogen and oxygen atoms in total. The summed E-state index contributed by atoms with van der Waals surface area (Å²) < 4.78 is 4.60. The van der Waals surface area contributed by atoms with Crippen LogP contribution in [-0.4, -0.2) is 26.1 Å². The number of pyridine rings is 1.